The Labute approximate surface area is 246 Å². The summed E-state index contributed by atoms with van der Waals surface area (Å²) in [4.78, 5) is 0. The molecule has 4 aliphatic carbocycles. The van der Waals surface area contributed by atoms with Gasteiger partial charge in [0, 0.05) is 11.1 Å². The number of allylic oxidation sites excluding steroid dienone is 1. The van der Waals surface area contributed by atoms with E-state index < -0.39 is 5.79 Å². The number of benzene rings is 2. The summed E-state index contributed by atoms with van der Waals surface area (Å²) in [6.45, 7) is 9.52. The zero-order valence-electron chi connectivity index (χ0n) is 25.2. The Morgan fingerprint density at radius 1 is 0.878 bits per heavy atom. The molecule has 8 atom stereocenters. The second-order valence-electron chi connectivity index (χ2n) is 14.4. The van der Waals surface area contributed by atoms with E-state index in [1.165, 1.54) is 38.5 Å². The zero-order valence-corrected chi connectivity index (χ0v) is 25.2. The highest BCUT2D eigenvalue weighted by molar-refractivity contribution is 5.37. The van der Waals surface area contributed by atoms with Gasteiger partial charge in [0.25, 0.3) is 0 Å². The van der Waals surface area contributed by atoms with Crippen molar-refractivity contribution < 1.29 is 19.3 Å². The molecule has 2 aromatic rings. The van der Waals surface area contributed by atoms with Crippen LogP contribution < -0.4 is 4.74 Å². The van der Waals surface area contributed by atoms with Crippen molar-refractivity contribution in [3.05, 3.63) is 77.4 Å². The number of aliphatic hydroxyl groups is 1. The Bertz CT molecular complexity index is 1250. The van der Waals surface area contributed by atoms with Crippen LogP contribution in [0.25, 0.3) is 0 Å². The molecule has 41 heavy (non-hydrogen) atoms. The van der Waals surface area contributed by atoms with Crippen LogP contribution in [0.2, 0.25) is 0 Å². The normalized spacial score (nSPS) is 38.3. The van der Waals surface area contributed by atoms with Gasteiger partial charge < -0.3 is 19.3 Å². The summed E-state index contributed by atoms with van der Waals surface area (Å²) < 4.78 is 18.8. The van der Waals surface area contributed by atoms with Crippen molar-refractivity contribution in [2.45, 2.75) is 84.0 Å². The molecule has 0 amide bonds. The van der Waals surface area contributed by atoms with Crippen molar-refractivity contribution in [1.29, 1.82) is 0 Å². The number of aliphatic hydroxyl groups excluding tert-OH is 1. The SMILES string of the molecule is C[C@H](COc1ccc(C2(c3ccccc3)OCCO2)cc1)[C@H]1CC[C@H]2[C@@H]3CC=C4C[C@@H](O)CC[C@]4(C)[C@H]3CC[C@]12C. The molecule has 1 N–H and O–H groups in total. The molecule has 0 spiro atoms. The highest BCUT2D eigenvalue weighted by atomic mass is 16.7. The first-order chi connectivity index (χ1) is 19.8. The number of hydrogen-bond donors (Lipinski definition) is 1. The Morgan fingerprint density at radius 3 is 2.37 bits per heavy atom. The fourth-order valence-corrected chi connectivity index (χ4v) is 10.3. The molecular weight excluding hydrogens is 508 g/mol. The predicted octanol–water partition coefficient (Wildman–Crippen LogP) is 7.89. The van der Waals surface area contributed by atoms with Crippen LogP contribution in [0.3, 0.4) is 0 Å². The summed E-state index contributed by atoms with van der Waals surface area (Å²) in [5.74, 6) is 3.74. The number of ether oxygens (including phenoxy) is 3. The first kappa shape index (κ1) is 27.7. The molecule has 0 unspecified atom stereocenters. The van der Waals surface area contributed by atoms with Crippen molar-refractivity contribution in [3.8, 4) is 5.75 Å². The predicted molar refractivity (Wildman–Crippen MR) is 161 cm³/mol. The highest BCUT2D eigenvalue weighted by Gasteiger charge is 2.59. The van der Waals surface area contributed by atoms with E-state index in [2.05, 4.69) is 63.2 Å². The fraction of sp³-hybridized carbons (Fsp3) is 0.622. The smallest absolute Gasteiger partial charge is 0.222 e. The first-order valence-electron chi connectivity index (χ1n) is 16.3. The lowest BCUT2D eigenvalue weighted by Crippen LogP contribution is -2.51. The minimum Gasteiger partial charge on any atom is -0.493 e. The van der Waals surface area contributed by atoms with E-state index in [4.69, 9.17) is 14.2 Å². The van der Waals surface area contributed by atoms with Gasteiger partial charge in [-0.25, -0.2) is 0 Å². The summed E-state index contributed by atoms with van der Waals surface area (Å²) in [7, 11) is 0. The van der Waals surface area contributed by atoms with Gasteiger partial charge in [0.15, 0.2) is 0 Å². The van der Waals surface area contributed by atoms with Crippen LogP contribution in [0.4, 0.5) is 0 Å². The highest BCUT2D eigenvalue weighted by Crippen LogP contribution is 2.67. The minimum atomic E-state index is -0.830. The number of rotatable bonds is 6. The summed E-state index contributed by atoms with van der Waals surface area (Å²) in [5.41, 5.74) is 4.33. The third-order valence-corrected chi connectivity index (χ3v) is 12.4. The lowest BCUT2D eigenvalue weighted by Gasteiger charge is -2.58. The third kappa shape index (κ3) is 4.51. The van der Waals surface area contributed by atoms with Crippen LogP contribution in [0.1, 0.15) is 83.3 Å². The van der Waals surface area contributed by atoms with Gasteiger partial charge in [-0.1, -0.05) is 62.8 Å². The molecule has 1 heterocycles. The Morgan fingerprint density at radius 2 is 1.61 bits per heavy atom. The molecule has 0 bridgehead atoms. The van der Waals surface area contributed by atoms with Gasteiger partial charge >= 0.3 is 0 Å². The lowest BCUT2D eigenvalue weighted by atomic mass is 9.47. The summed E-state index contributed by atoms with van der Waals surface area (Å²) >= 11 is 0. The summed E-state index contributed by atoms with van der Waals surface area (Å²) in [6, 6.07) is 18.6. The van der Waals surface area contributed by atoms with Crippen molar-refractivity contribution >= 4 is 0 Å². The van der Waals surface area contributed by atoms with E-state index in [-0.39, 0.29) is 6.10 Å². The third-order valence-electron chi connectivity index (χ3n) is 12.4. The van der Waals surface area contributed by atoms with Gasteiger partial charge in [-0.15, -0.1) is 0 Å². The largest absolute Gasteiger partial charge is 0.493 e. The number of hydrogen-bond acceptors (Lipinski definition) is 4. The van der Waals surface area contributed by atoms with Gasteiger partial charge in [-0.3, -0.25) is 0 Å². The average molecular weight is 557 g/mol. The van der Waals surface area contributed by atoms with E-state index in [1.54, 1.807) is 5.57 Å². The van der Waals surface area contributed by atoms with Gasteiger partial charge in [-0.2, -0.15) is 0 Å². The number of fused-ring (bicyclic) bond motifs is 5. The van der Waals surface area contributed by atoms with E-state index in [0.717, 1.165) is 54.1 Å². The molecule has 1 saturated heterocycles. The van der Waals surface area contributed by atoms with E-state index in [1.807, 2.05) is 18.2 Å². The maximum Gasteiger partial charge on any atom is 0.222 e. The molecular formula is C37H48O4. The molecule has 1 aliphatic heterocycles. The molecule has 4 heteroatoms. The van der Waals surface area contributed by atoms with Crippen LogP contribution in [0.15, 0.2) is 66.2 Å². The van der Waals surface area contributed by atoms with E-state index >= 15 is 0 Å². The standard InChI is InChI=1S/C37H48O4/c1-25(24-39-30-12-9-27(10-13-30)37(40-21-22-41-37)26-7-5-4-6-8-26)32-15-16-33-31-14-11-28-23-29(38)17-19-35(28,2)34(31)18-20-36(32,33)3/h4-13,25,29,31-34,38H,14-24H2,1-3H3/t25-,29+,31+,32-,33+,34+,35+,36-/m1/s1. The minimum absolute atomic E-state index is 0.123. The van der Waals surface area contributed by atoms with E-state index in [0.29, 0.717) is 35.9 Å². The van der Waals surface area contributed by atoms with Crippen LogP contribution in [-0.2, 0) is 15.3 Å². The van der Waals surface area contributed by atoms with Gasteiger partial charge in [-0.05, 0) is 116 Å². The molecule has 2 aromatic carbocycles. The maximum absolute atomic E-state index is 10.3. The fourth-order valence-electron chi connectivity index (χ4n) is 10.3. The molecule has 220 valence electrons. The Kier molecular flexibility index (Phi) is 7.12. The summed E-state index contributed by atoms with van der Waals surface area (Å²) in [5, 5.41) is 10.3. The maximum atomic E-state index is 10.3. The Hall–Kier alpha value is -2.14. The Balaban J connectivity index is 1.02. The van der Waals surface area contributed by atoms with Crippen LogP contribution >= 0.6 is 0 Å². The van der Waals surface area contributed by atoms with E-state index in [9.17, 15) is 5.11 Å². The molecule has 0 radical (unpaired) electrons. The van der Waals surface area contributed by atoms with Crippen molar-refractivity contribution in [1.82, 2.24) is 0 Å². The van der Waals surface area contributed by atoms with Gasteiger partial charge in [0.1, 0.15) is 5.75 Å². The zero-order chi connectivity index (χ0) is 28.2. The quantitative estimate of drug-likeness (QED) is 0.368. The van der Waals surface area contributed by atoms with Crippen LogP contribution in [0.5, 0.6) is 5.75 Å². The second kappa shape index (κ2) is 10.5. The lowest BCUT2D eigenvalue weighted by molar-refractivity contribution is -0.129. The van der Waals surface area contributed by atoms with Crippen molar-refractivity contribution in [2.75, 3.05) is 19.8 Å². The van der Waals surface area contributed by atoms with Crippen LogP contribution in [0, 0.1) is 40.4 Å². The molecule has 4 nitrogen and oxygen atoms in total. The molecule has 0 aromatic heterocycles. The van der Waals surface area contributed by atoms with Crippen molar-refractivity contribution in [3.63, 3.8) is 0 Å². The monoisotopic (exact) mass is 556 g/mol. The topological polar surface area (TPSA) is 47.9 Å². The molecule has 4 fully saturated rings. The molecule has 5 aliphatic rings. The van der Waals surface area contributed by atoms with Gasteiger partial charge in [0.05, 0.1) is 25.9 Å². The average Bonchev–Trinajstić information content (AvgIpc) is 3.63. The summed E-state index contributed by atoms with van der Waals surface area (Å²) in [6.07, 6.45) is 12.1. The molecule has 7 rings (SSSR count). The van der Waals surface area contributed by atoms with Crippen LogP contribution in [-0.4, -0.2) is 31.0 Å². The first-order valence-corrected chi connectivity index (χ1v) is 16.3. The second-order valence-corrected chi connectivity index (χ2v) is 14.4. The van der Waals surface area contributed by atoms with Gasteiger partial charge in [0.2, 0.25) is 5.79 Å². The molecule has 3 saturated carbocycles. The van der Waals surface area contributed by atoms with Crippen molar-refractivity contribution in [2.24, 2.45) is 40.4 Å².